The monoisotopic (exact) mass is 426 g/mol. The molecule has 0 aliphatic carbocycles. The fourth-order valence-electron chi connectivity index (χ4n) is 4.18. The van der Waals surface area contributed by atoms with E-state index in [0.29, 0.717) is 13.1 Å². The number of aromatic nitrogens is 3. The lowest BCUT2D eigenvalue weighted by Gasteiger charge is -2.38. The number of benzene rings is 1. The highest BCUT2D eigenvalue weighted by Crippen LogP contribution is 2.32. The van der Waals surface area contributed by atoms with Crippen molar-refractivity contribution in [1.29, 1.82) is 0 Å². The van der Waals surface area contributed by atoms with Crippen LogP contribution in [-0.4, -0.2) is 65.0 Å². The van der Waals surface area contributed by atoms with E-state index < -0.39 is 0 Å². The van der Waals surface area contributed by atoms with Crippen LogP contribution in [-0.2, 0) is 4.79 Å². The molecule has 156 valence electrons. The number of halogens is 1. The van der Waals surface area contributed by atoms with Crippen molar-refractivity contribution >= 4 is 38.5 Å². The normalized spacial score (nSPS) is 18.2. The highest BCUT2D eigenvalue weighted by molar-refractivity contribution is 7.22. The maximum atomic E-state index is 13.4. The third-order valence-corrected chi connectivity index (χ3v) is 6.96. The largest absolute Gasteiger partial charge is 0.348 e. The molecular formula is C21H23FN6OS. The highest BCUT2D eigenvalue weighted by atomic mass is 32.1. The molecule has 4 heterocycles. The molecule has 2 saturated heterocycles. The van der Waals surface area contributed by atoms with Crippen molar-refractivity contribution in [3.63, 3.8) is 0 Å². The number of amides is 1. The van der Waals surface area contributed by atoms with Gasteiger partial charge in [-0.05, 0) is 37.1 Å². The quantitative estimate of drug-likeness (QED) is 0.642. The van der Waals surface area contributed by atoms with E-state index in [-0.39, 0.29) is 17.6 Å². The van der Waals surface area contributed by atoms with Gasteiger partial charge in [0, 0.05) is 57.6 Å². The van der Waals surface area contributed by atoms with Gasteiger partial charge in [-0.1, -0.05) is 11.3 Å². The Bertz CT molecular complexity index is 1030. The topological polar surface area (TPSA) is 65.5 Å². The molecule has 0 saturated carbocycles. The van der Waals surface area contributed by atoms with Gasteiger partial charge in [0.25, 0.3) is 0 Å². The van der Waals surface area contributed by atoms with E-state index in [0.717, 1.165) is 60.3 Å². The fourth-order valence-corrected chi connectivity index (χ4v) is 5.22. The smallest absolute Gasteiger partial charge is 0.225 e. The summed E-state index contributed by atoms with van der Waals surface area (Å²) >= 11 is 1.52. The van der Waals surface area contributed by atoms with Crippen molar-refractivity contribution in [2.45, 2.75) is 12.8 Å². The molecule has 0 unspecified atom stereocenters. The molecule has 9 heteroatoms. The zero-order valence-corrected chi connectivity index (χ0v) is 17.4. The van der Waals surface area contributed by atoms with E-state index in [9.17, 15) is 9.18 Å². The summed E-state index contributed by atoms with van der Waals surface area (Å²) in [7, 11) is 0. The minimum Gasteiger partial charge on any atom is -0.348 e. The molecule has 0 N–H and O–H groups in total. The van der Waals surface area contributed by atoms with Crippen LogP contribution in [0.2, 0.25) is 0 Å². The van der Waals surface area contributed by atoms with Crippen LogP contribution in [0.3, 0.4) is 0 Å². The number of piperidine rings is 1. The minimum atomic E-state index is -0.235. The van der Waals surface area contributed by atoms with E-state index in [1.165, 1.54) is 23.5 Å². The minimum absolute atomic E-state index is 0.0626. The summed E-state index contributed by atoms with van der Waals surface area (Å²) in [5, 5.41) is 0.915. The van der Waals surface area contributed by atoms with Gasteiger partial charge in [0.15, 0.2) is 5.13 Å². The summed E-state index contributed by atoms with van der Waals surface area (Å²) in [6.45, 7) is 4.54. The molecule has 2 aromatic heterocycles. The highest BCUT2D eigenvalue weighted by Gasteiger charge is 2.31. The maximum absolute atomic E-state index is 13.4. The predicted molar refractivity (Wildman–Crippen MR) is 115 cm³/mol. The van der Waals surface area contributed by atoms with Crippen LogP contribution in [0, 0.1) is 11.7 Å². The van der Waals surface area contributed by atoms with Gasteiger partial charge in [0.05, 0.1) is 10.2 Å². The second-order valence-electron chi connectivity index (χ2n) is 7.73. The second-order valence-corrected chi connectivity index (χ2v) is 8.74. The van der Waals surface area contributed by atoms with Crippen LogP contribution >= 0.6 is 11.3 Å². The first kappa shape index (κ1) is 19.2. The number of carbonyl (C=O) groups is 1. The lowest BCUT2D eigenvalue weighted by atomic mass is 9.95. The second kappa shape index (κ2) is 8.14. The zero-order valence-electron chi connectivity index (χ0n) is 16.6. The molecule has 1 aromatic carbocycles. The predicted octanol–water partition coefficient (Wildman–Crippen LogP) is 2.79. The maximum Gasteiger partial charge on any atom is 0.225 e. The van der Waals surface area contributed by atoms with E-state index in [2.05, 4.69) is 24.8 Å². The molecule has 0 radical (unpaired) electrons. The Morgan fingerprint density at radius 1 is 1.00 bits per heavy atom. The molecule has 2 aliphatic rings. The first-order chi connectivity index (χ1) is 14.7. The molecule has 2 aliphatic heterocycles. The number of hydrogen-bond acceptors (Lipinski definition) is 7. The fraction of sp³-hybridized carbons (Fsp3) is 0.429. The van der Waals surface area contributed by atoms with E-state index in [4.69, 9.17) is 0 Å². The summed E-state index contributed by atoms with van der Waals surface area (Å²) < 4.78 is 14.3. The first-order valence-electron chi connectivity index (χ1n) is 10.3. The molecule has 2 fully saturated rings. The first-order valence-corrected chi connectivity index (χ1v) is 11.1. The van der Waals surface area contributed by atoms with Gasteiger partial charge in [-0.3, -0.25) is 4.79 Å². The average molecular weight is 427 g/mol. The van der Waals surface area contributed by atoms with Crippen molar-refractivity contribution in [2.75, 3.05) is 49.1 Å². The summed E-state index contributed by atoms with van der Waals surface area (Å²) in [5.74, 6) is 0.816. The van der Waals surface area contributed by atoms with Crippen LogP contribution in [0.25, 0.3) is 10.2 Å². The number of fused-ring (bicyclic) bond motifs is 1. The molecule has 5 rings (SSSR count). The van der Waals surface area contributed by atoms with Crippen molar-refractivity contribution in [3.05, 3.63) is 42.5 Å². The van der Waals surface area contributed by atoms with E-state index >= 15 is 0 Å². The van der Waals surface area contributed by atoms with Crippen LogP contribution < -0.4 is 9.80 Å². The van der Waals surface area contributed by atoms with Gasteiger partial charge in [0.2, 0.25) is 11.9 Å². The van der Waals surface area contributed by atoms with E-state index in [1.807, 2.05) is 11.0 Å². The molecule has 0 bridgehead atoms. The van der Waals surface area contributed by atoms with Crippen molar-refractivity contribution < 1.29 is 9.18 Å². The van der Waals surface area contributed by atoms with E-state index in [1.54, 1.807) is 18.5 Å². The standard InChI is InChI=1S/C21H23FN6OS/c22-16-2-3-17-18(14-16)30-21(25-17)28-8-4-15(5-9-28)19(29)26-10-12-27(13-11-26)20-23-6-1-7-24-20/h1-3,6-7,14-15H,4-5,8-13H2. The Hall–Kier alpha value is -2.81. The number of piperazine rings is 1. The molecule has 30 heavy (non-hydrogen) atoms. The third kappa shape index (κ3) is 3.81. The Kier molecular flexibility index (Phi) is 5.20. The van der Waals surface area contributed by atoms with Crippen molar-refractivity contribution in [1.82, 2.24) is 19.9 Å². The zero-order chi connectivity index (χ0) is 20.5. The molecule has 0 atom stereocenters. The summed E-state index contributed by atoms with van der Waals surface area (Å²) in [6, 6.07) is 6.51. The van der Waals surface area contributed by atoms with Crippen molar-refractivity contribution in [2.24, 2.45) is 5.92 Å². The average Bonchev–Trinajstić information content (AvgIpc) is 3.23. The summed E-state index contributed by atoms with van der Waals surface area (Å²) in [5.41, 5.74) is 0.829. The number of thiazole rings is 1. The molecule has 1 amide bonds. The van der Waals surface area contributed by atoms with Crippen molar-refractivity contribution in [3.8, 4) is 0 Å². The third-order valence-electron chi connectivity index (χ3n) is 5.88. The molecule has 0 spiro atoms. The number of rotatable bonds is 3. The van der Waals surface area contributed by atoms with Crippen LogP contribution in [0.5, 0.6) is 0 Å². The summed E-state index contributed by atoms with van der Waals surface area (Å²) in [6.07, 6.45) is 5.14. The SMILES string of the molecule is O=C(C1CCN(c2nc3ccc(F)cc3s2)CC1)N1CCN(c2ncccn2)CC1. The Labute approximate surface area is 178 Å². The number of hydrogen-bond donors (Lipinski definition) is 0. The summed E-state index contributed by atoms with van der Waals surface area (Å²) in [4.78, 5) is 32.6. The number of carbonyl (C=O) groups excluding carboxylic acids is 1. The lowest BCUT2D eigenvalue weighted by molar-refractivity contribution is -0.136. The Balaban J connectivity index is 1.16. The van der Waals surface area contributed by atoms with Gasteiger partial charge >= 0.3 is 0 Å². The Morgan fingerprint density at radius 3 is 2.47 bits per heavy atom. The van der Waals surface area contributed by atoms with Gasteiger partial charge in [-0.25, -0.2) is 19.3 Å². The van der Waals surface area contributed by atoms with Gasteiger partial charge in [-0.15, -0.1) is 0 Å². The van der Waals surface area contributed by atoms with Gasteiger partial charge in [-0.2, -0.15) is 0 Å². The molecule has 3 aromatic rings. The molecule has 7 nitrogen and oxygen atoms in total. The van der Waals surface area contributed by atoms with Crippen LogP contribution in [0.1, 0.15) is 12.8 Å². The van der Waals surface area contributed by atoms with Gasteiger partial charge < -0.3 is 14.7 Å². The van der Waals surface area contributed by atoms with Crippen LogP contribution in [0.4, 0.5) is 15.5 Å². The lowest BCUT2D eigenvalue weighted by Crippen LogP contribution is -2.52. The van der Waals surface area contributed by atoms with Crippen LogP contribution in [0.15, 0.2) is 36.7 Å². The molecular weight excluding hydrogens is 403 g/mol. The number of nitrogens with zero attached hydrogens (tertiary/aromatic N) is 6. The number of anilines is 2. The Morgan fingerprint density at radius 2 is 1.73 bits per heavy atom. The van der Waals surface area contributed by atoms with Gasteiger partial charge in [0.1, 0.15) is 5.82 Å².